The molecular formula is C28H53N5O4. The highest BCUT2D eigenvalue weighted by Crippen LogP contribution is 2.33. The van der Waals surface area contributed by atoms with Gasteiger partial charge in [0.1, 0.15) is 32.2 Å². The minimum absolute atomic E-state index is 0.248. The highest BCUT2D eigenvalue weighted by Gasteiger charge is 2.27. The molecule has 1 unspecified atom stereocenters. The summed E-state index contributed by atoms with van der Waals surface area (Å²) in [5.74, 6) is 2.12. The van der Waals surface area contributed by atoms with Gasteiger partial charge in [-0.05, 0) is 44.9 Å². The quantitative estimate of drug-likeness (QED) is 0.146. The summed E-state index contributed by atoms with van der Waals surface area (Å²) < 4.78 is 17.9. The SMILES string of the molecule is CCCCOCN(COCCCC)c1nc(C2CCCC2)nc(N(COCCCC)C(O)CCCC)n1. The first-order valence-electron chi connectivity index (χ1n) is 14.8. The van der Waals surface area contributed by atoms with Gasteiger partial charge in [0.25, 0.3) is 0 Å². The van der Waals surface area contributed by atoms with E-state index < -0.39 is 6.23 Å². The Morgan fingerprint density at radius 3 is 1.78 bits per heavy atom. The Bertz CT molecular complexity index is 693. The fourth-order valence-corrected chi connectivity index (χ4v) is 4.23. The predicted octanol–water partition coefficient (Wildman–Crippen LogP) is 5.97. The second kappa shape index (κ2) is 19.5. The highest BCUT2D eigenvalue weighted by atomic mass is 16.5. The molecule has 0 radical (unpaired) electrons. The van der Waals surface area contributed by atoms with Crippen molar-refractivity contribution in [3.05, 3.63) is 5.82 Å². The van der Waals surface area contributed by atoms with Crippen LogP contribution in [0.4, 0.5) is 11.9 Å². The third-order valence-corrected chi connectivity index (χ3v) is 6.72. The number of nitrogens with zero attached hydrogens (tertiary/aromatic N) is 5. The molecule has 0 saturated heterocycles. The van der Waals surface area contributed by atoms with E-state index in [2.05, 4.69) is 27.7 Å². The smallest absolute Gasteiger partial charge is 0.234 e. The molecule has 1 aliphatic carbocycles. The first kappa shape index (κ1) is 31.7. The van der Waals surface area contributed by atoms with Crippen molar-refractivity contribution in [1.82, 2.24) is 15.0 Å². The molecule has 0 aliphatic heterocycles. The van der Waals surface area contributed by atoms with Gasteiger partial charge < -0.3 is 19.3 Å². The number of aromatic nitrogens is 3. The molecule has 0 aromatic carbocycles. The van der Waals surface area contributed by atoms with Crippen LogP contribution in [0.5, 0.6) is 0 Å². The first-order chi connectivity index (χ1) is 18.1. The molecule has 0 spiro atoms. The molecule has 1 aromatic rings. The normalized spacial score (nSPS) is 14.8. The highest BCUT2D eigenvalue weighted by molar-refractivity contribution is 5.39. The van der Waals surface area contributed by atoms with Crippen molar-refractivity contribution in [3.8, 4) is 0 Å². The van der Waals surface area contributed by atoms with Crippen molar-refractivity contribution in [2.24, 2.45) is 0 Å². The van der Waals surface area contributed by atoms with Crippen LogP contribution in [0.2, 0.25) is 0 Å². The number of anilines is 2. The fourth-order valence-electron chi connectivity index (χ4n) is 4.23. The van der Waals surface area contributed by atoms with Crippen molar-refractivity contribution in [3.63, 3.8) is 0 Å². The van der Waals surface area contributed by atoms with E-state index in [0.717, 1.165) is 70.0 Å². The largest absolute Gasteiger partial charge is 0.373 e. The van der Waals surface area contributed by atoms with Gasteiger partial charge in [0.15, 0.2) is 0 Å². The summed E-state index contributed by atoms with van der Waals surface area (Å²) in [7, 11) is 0. The Morgan fingerprint density at radius 1 is 0.730 bits per heavy atom. The topological polar surface area (TPSA) is 93.1 Å². The lowest BCUT2D eigenvalue weighted by Crippen LogP contribution is -2.40. The molecule has 1 heterocycles. The standard InChI is InChI=1S/C28H53N5O4/c1-5-9-17-25(34)33(23-37-20-12-8-4)28-30-26(24-15-13-14-16-24)29-27(31-28)32(21-35-18-10-6-2)22-36-19-11-7-3/h24-25,34H,5-23H2,1-4H3. The molecular weight excluding hydrogens is 470 g/mol. The van der Waals surface area contributed by atoms with E-state index in [-0.39, 0.29) is 6.73 Å². The number of hydrogen-bond acceptors (Lipinski definition) is 9. The van der Waals surface area contributed by atoms with Gasteiger partial charge in [-0.25, -0.2) is 0 Å². The number of unbranched alkanes of at least 4 members (excludes halogenated alkanes) is 4. The number of hydrogen-bond donors (Lipinski definition) is 1. The molecule has 2 rings (SSSR count). The van der Waals surface area contributed by atoms with E-state index in [1.165, 1.54) is 12.8 Å². The van der Waals surface area contributed by atoms with Gasteiger partial charge in [0.2, 0.25) is 11.9 Å². The molecule has 37 heavy (non-hydrogen) atoms. The van der Waals surface area contributed by atoms with Crippen LogP contribution in [0.3, 0.4) is 0 Å². The average Bonchev–Trinajstić information content (AvgIpc) is 3.46. The van der Waals surface area contributed by atoms with Crippen LogP contribution in [0, 0.1) is 0 Å². The summed E-state index contributed by atoms with van der Waals surface area (Å²) in [4.78, 5) is 18.4. The summed E-state index contributed by atoms with van der Waals surface area (Å²) in [6.07, 6.45) is 12.6. The summed E-state index contributed by atoms with van der Waals surface area (Å²) in [6.45, 7) is 11.5. The number of aliphatic hydroxyl groups is 1. The van der Waals surface area contributed by atoms with Gasteiger partial charge in [-0.15, -0.1) is 0 Å². The van der Waals surface area contributed by atoms with E-state index in [9.17, 15) is 5.11 Å². The first-order valence-corrected chi connectivity index (χ1v) is 14.8. The molecule has 9 nitrogen and oxygen atoms in total. The minimum atomic E-state index is -0.719. The van der Waals surface area contributed by atoms with Gasteiger partial charge in [0.05, 0.1) is 0 Å². The van der Waals surface area contributed by atoms with Crippen LogP contribution in [-0.2, 0) is 14.2 Å². The summed E-state index contributed by atoms with van der Waals surface area (Å²) in [5, 5.41) is 11.1. The molecule has 9 heteroatoms. The molecule has 1 atom stereocenters. The Labute approximate surface area is 225 Å². The van der Waals surface area contributed by atoms with Crippen molar-refractivity contribution in [1.29, 1.82) is 0 Å². The molecule has 1 aliphatic rings. The van der Waals surface area contributed by atoms with Gasteiger partial charge >= 0.3 is 0 Å². The fraction of sp³-hybridized carbons (Fsp3) is 0.893. The molecule has 0 bridgehead atoms. The lowest BCUT2D eigenvalue weighted by atomic mass is 10.1. The number of aliphatic hydroxyl groups excluding tert-OH is 1. The van der Waals surface area contributed by atoms with Crippen molar-refractivity contribution in [2.45, 2.75) is 123 Å². The predicted molar refractivity (Wildman–Crippen MR) is 149 cm³/mol. The summed E-state index contributed by atoms with van der Waals surface area (Å²) in [5.41, 5.74) is 0. The van der Waals surface area contributed by atoms with E-state index in [1.807, 2.05) is 4.90 Å². The average molecular weight is 524 g/mol. The monoisotopic (exact) mass is 523 g/mol. The molecule has 0 amide bonds. The molecule has 1 fully saturated rings. The van der Waals surface area contributed by atoms with E-state index in [0.29, 0.717) is 57.5 Å². The maximum absolute atomic E-state index is 11.1. The van der Waals surface area contributed by atoms with Crippen molar-refractivity contribution < 1.29 is 19.3 Å². The zero-order valence-corrected chi connectivity index (χ0v) is 24.0. The van der Waals surface area contributed by atoms with Gasteiger partial charge in [-0.2, -0.15) is 15.0 Å². The summed E-state index contributed by atoms with van der Waals surface area (Å²) in [6, 6.07) is 0. The molecule has 1 saturated carbocycles. The zero-order chi connectivity index (χ0) is 26.7. The third-order valence-electron chi connectivity index (χ3n) is 6.72. The van der Waals surface area contributed by atoms with Crippen LogP contribution < -0.4 is 9.80 Å². The van der Waals surface area contributed by atoms with Crippen molar-refractivity contribution >= 4 is 11.9 Å². The number of ether oxygens (including phenoxy) is 3. The lowest BCUT2D eigenvalue weighted by molar-refractivity contribution is 0.0759. The maximum Gasteiger partial charge on any atom is 0.234 e. The van der Waals surface area contributed by atoms with Gasteiger partial charge in [0, 0.05) is 25.7 Å². The second-order valence-electron chi connectivity index (χ2n) is 10.1. The summed E-state index contributed by atoms with van der Waals surface area (Å²) >= 11 is 0. The second-order valence-corrected chi connectivity index (χ2v) is 10.1. The van der Waals surface area contributed by atoms with Crippen LogP contribution >= 0.6 is 0 Å². The zero-order valence-electron chi connectivity index (χ0n) is 24.0. The Kier molecular flexibility index (Phi) is 16.7. The Balaban J connectivity index is 2.36. The molecule has 1 N–H and O–H groups in total. The van der Waals surface area contributed by atoms with Crippen LogP contribution in [0.15, 0.2) is 0 Å². The molecule has 1 aromatic heterocycles. The van der Waals surface area contributed by atoms with E-state index in [1.54, 1.807) is 4.90 Å². The van der Waals surface area contributed by atoms with Crippen LogP contribution in [0.1, 0.15) is 123 Å². The maximum atomic E-state index is 11.1. The van der Waals surface area contributed by atoms with E-state index in [4.69, 9.17) is 29.2 Å². The van der Waals surface area contributed by atoms with Crippen LogP contribution in [0.25, 0.3) is 0 Å². The van der Waals surface area contributed by atoms with Gasteiger partial charge in [-0.1, -0.05) is 66.2 Å². The Hall–Kier alpha value is -1.55. The number of rotatable bonds is 22. The lowest BCUT2D eigenvalue weighted by Gasteiger charge is -2.30. The minimum Gasteiger partial charge on any atom is -0.373 e. The van der Waals surface area contributed by atoms with Crippen molar-refractivity contribution in [2.75, 3.05) is 49.8 Å². The van der Waals surface area contributed by atoms with E-state index >= 15 is 0 Å². The molecule has 214 valence electrons. The van der Waals surface area contributed by atoms with Gasteiger partial charge in [-0.3, -0.25) is 9.80 Å². The van der Waals surface area contributed by atoms with Crippen LogP contribution in [-0.4, -0.2) is 66.3 Å². The third kappa shape index (κ3) is 11.8. The Morgan fingerprint density at radius 2 is 1.24 bits per heavy atom.